The van der Waals surface area contributed by atoms with E-state index in [4.69, 9.17) is 39.5 Å². The van der Waals surface area contributed by atoms with E-state index in [-0.39, 0.29) is 5.15 Å². The Balaban J connectivity index is 1.85. The second-order valence-electron chi connectivity index (χ2n) is 3.99. The summed E-state index contributed by atoms with van der Waals surface area (Å²) in [6.07, 6.45) is 1.82. The van der Waals surface area contributed by atoms with Crippen LogP contribution in [0.5, 0.6) is 5.88 Å². The van der Waals surface area contributed by atoms with Crippen molar-refractivity contribution >= 4 is 34.8 Å². The number of hydrogen-bond donors (Lipinski definition) is 0. The van der Waals surface area contributed by atoms with Gasteiger partial charge in [-0.05, 0) is 24.5 Å². The highest BCUT2D eigenvalue weighted by atomic mass is 35.5. The first kappa shape index (κ1) is 14.4. The fraction of sp³-hybridized carbons (Fsp3) is 0.214. The van der Waals surface area contributed by atoms with Crippen molar-refractivity contribution in [3.63, 3.8) is 0 Å². The second kappa shape index (κ2) is 6.99. The maximum atomic E-state index is 5.97. The molecule has 0 unspecified atom stereocenters. The van der Waals surface area contributed by atoms with Gasteiger partial charge in [-0.25, -0.2) is 0 Å². The Hall–Kier alpha value is -0.960. The van der Waals surface area contributed by atoms with E-state index in [9.17, 15) is 0 Å². The van der Waals surface area contributed by atoms with Crippen molar-refractivity contribution < 1.29 is 4.74 Å². The van der Waals surface area contributed by atoms with Crippen LogP contribution in [0.2, 0.25) is 15.2 Å². The second-order valence-corrected chi connectivity index (χ2v) is 5.16. The summed E-state index contributed by atoms with van der Waals surface area (Å²) in [5, 5.41) is 0.890. The van der Waals surface area contributed by atoms with Crippen molar-refractivity contribution in [1.82, 2.24) is 4.98 Å². The summed E-state index contributed by atoms with van der Waals surface area (Å²) in [6, 6.07) is 11.8. The first-order valence-corrected chi connectivity index (χ1v) is 6.98. The van der Waals surface area contributed by atoms with Crippen molar-refractivity contribution in [2.75, 3.05) is 6.61 Å². The van der Waals surface area contributed by atoms with E-state index in [0.29, 0.717) is 22.5 Å². The summed E-state index contributed by atoms with van der Waals surface area (Å²) in [7, 11) is 0. The third-order valence-electron chi connectivity index (χ3n) is 2.55. The minimum absolute atomic E-state index is 0.198. The predicted octanol–water partition coefficient (Wildman–Crippen LogP) is 5.05. The molecule has 0 saturated carbocycles. The molecule has 0 aliphatic heterocycles. The number of rotatable bonds is 5. The van der Waals surface area contributed by atoms with E-state index in [0.717, 1.165) is 12.8 Å². The highest BCUT2D eigenvalue weighted by Crippen LogP contribution is 2.30. The van der Waals surface area contributed by atoms with Gasteiger partial charge in [-0.3, -0.25) is 0 Å². The number of nitrogens with zero attached hydrogens (tertiary/aromatic N) is 1. The monoisotopic (exact) mass is 315 g/mol. The highest BCUT2D eigenvalue weighted by Gasteiger charge is 2.08. The molecule has 19 heavy (non-hydrogen) atoms. The third kappa shape index (κ3) is 4.27. The standard InChI is InChI=1S/C14H12Cl3NO/c15-11-9-12(16)14(18-13(11)17)19-8-4-7-10-5-2-1-3-6-10/h1-3,5-6,9H,4,7-8H2. The van der Waals surface area contributed by atoms with Crippen LogP contribution >= 0.6 is 34.8 Å². The first-order chi connectivity index (χ1) is 9.16. The zero-order valence-electron chi connectivity index (χ0n) is 10.1. The molecule has 1 aromatic heterocycles. The number of benzene rings is 1. The minimum atomic E-state index is 0.198. The molecular formula is C14H12Cl3NO. The molecule has 0 aliphatic carbocycles. The van der Waals surface area contributed by atoms with Crippen molar-refractivity contribution in [3.05, 3.63) is 57.2 Å². The zero-order chi connectivity index (χ0) is 13.7. The molecule has 2 rings (SSSR count). The third-order valence-corrected chi connectivity index (χ3v) is 3.49. The van der Waals surface area contributed by atoms with Crippen molar-refractivity contribution in [1.29, 1.82) is 0 Å². The predicted molar refractivity (Wildman–Crippen MR) is 79.5 cm³/mol. The smallest absolute Gasteiger partial charge is 0.234 e. The lowest BCUT2D eigenvalue weighted by Crippen LogP contribution is -2.01. The van der Waals surface area contributed by atoms with E-state index in [1.165, 1.54) is 11.6 Å². The molecule has 5 heteroatoms. The Morgan fingerprint density at radius 1 is 1.00 bits per heavy atom. The van der Waals surface area contributed by atoms with Crippen LogP contribution in [0.4, 0.5) is 0 Å². The average molecular weight is 317 g/mol. The van der Waals surface area contributed by atoms with E-state index in [1.54, 1.807) is 0 Å². The van der Waals surface area contributed by atoms with Crippen LogP contribution in [-0.4, -0.2) is 11.6 Å². The molecule has 1 aromatic carbocycles. The number of aromatic nitrogens is 1. The molecule has 0 N–H and O–H groups in total. The quantitative estimate of drug-likeness (QED) is 0.568. The van der Waals surface area contributed by atoms with Gasteiger partial charge in [0.25, 0.3) is 0 Å². The molecule has 2 aromatic rings. The number of pyridine rings is 1. The van der Waals surface area contributed by atoms with Crippen molar-refractivity contribution in [2.24, 2.45) is 0 Å². The number of halogens is 3. The lowest BCUT2D eigenvalue weighted by Gasteiger charge is -2.08. The summed E-state index contributed by atoms with van der Waals surface area (Å²) < 4.78 is 5.51. The van der Waals surface area contributed by atoms with Gasteiger partial charge in [-0.1, -0.05) is 65.1 Å². The van der Waals surface area contributed by atoms with Crippen LogP contribution in [0.3, 0.4) is 0 Å². The van der Waals surface area contributed by atoms with Crippen LogP contribution in [0.25, 0.3) is 0 Å². The van der Waals surface area contributed by atoms with E-state index in [2.05, 4.69) is 17.1 Å². The Morgan fingerprint density at radius 2 is 1.74 bits per heavy atom. The topological polar surface area (TPSA) is 22.1 Å². The maximum Gasteiger partial charge on any atom is 0.234 e. The Kier molecular flexibility index (Phi) is 5.32. The van der Waals surface area contributed by atoms with E-state index >= 15 is 0 Å². The Morgan fingerprint density at radius 3 is 2.47 bits per heavy atom. The summed E-state index contributed by atoms with van der Waals surface area (Å²) in [5.74, 6) is 0.323. The van der Waals surface area contributed by atoms with Crippen LogP contribution < -0.4 is 4.74 Å². The van der Waals surface area contributed by atoms with E-state index < -0.39 is 0 Å². The summed E-state index contributed by atoms with van der Waals surface area (Å²) in [5.41, 5.74) is 1.28. The van der Waals surface area contributed by atoms with Gasteiger partial charge in [0, 0.05) is 0 Å². The van der Waals surface area contributed by atoms with Gasteiger partial charge in [0.15, 0.2) is 5.15 Å². The maximum absolute atomic E-state index is 5.97. The molecule has 0 radical (unpaired) electrons. The van der Waals surface area contributed by atoms with Crippen LogP contribution in [0.15, 0.2) is 36.4 Å². The van der Waals surface area contributed by atoms with Gasteiger partial charge in [-0.15, -0.1) is 0 Å². The molecule has 0 amide bonds. The van der Waals surface area contributed by atoms with Gasteiger partial charge in [0.05, 0.1) is 11.6 Å². The molecule has 100 valence electrons. The summed E-state index contributed by atoms with van der Waals surface area (Å²) in [4.78, 5) is 4.00. The highest BCUT2D eigenvalue weighted by molar-refractivity contribution is 6.42. The summed E-state index contributed by atoms with van der Waals surface area (Å²) in [6.45, 7) is 0.527. The van der Waals surface area contributed by atoms with Gasteiger partial charge in [-0.2, -0.15) is 4.98 Å². The fourth-order valence-corrected chi connectivity index (χ4v) is 2.16. The molecular weight excluding hydrogens is 305 g/mol. The van der Waals surface area contributed by atoms with Crippen LogP contribution in [0.1, 0.15) is 12.0 Å². The lowest BCUT2D eigenvalue weighted by molar-refractivity contribution is 0.299. The number of hydrogen-bond acceptors (Lipinski definition) is 2. The van der Waals surface area contributed by atoms with Crippen molar-refractivity contribution in [3.8, 4) is 5.88 Å². The van der Waals surface area contributed by atoms with E-state index in [1.807, 2.05) is 18.2 Å². The molecule has 0 atom stereocenters. The molecule has 1 heterocycles. The lowest BCUT2D eigenvalue weighted by atomic mass is 10.1. The van der Waals surface area contributed by atoms with Gasteiger partial charge in [0.1, 0.15) is 5.02 Å². The first-order valence-electron chi connectivity index (χ1n) is 5.85. The Labute approximate surface area is 127 Å². The number of ether oxygens (including phenoxy) is 1. The Bertz CT molecular complexity index is 546. The van der Waals surface area contributed by atoms with Gasteiger partial charge in [0.2, 0.25) is 5.88 Å². The normalized spacial score (nSPS) is 10.5. The SMILES string of the molecule is Clc1cc(Cl)c(OCCCc2ccccc2)nc1Cl. The van der Waals surface area contributed by atoms with Gasteiger partial charge >= 0.3 is 0 Å². The molecule has 0 fully saturated rings. The average Bonchev–Trinajstić information content (AvgIpc) is 2.41. The fourth-order valence-electron chi connectivity index (χ4n) is 1.62. The van der Waals surface area contributed by atoms with Gasteiger partial charge < -0.3 is 4.74 Å². The minimum Gasteiger partial charge on any atom is -0.477 e. The molecule has 0 saturated heterocycles. The number of aryl methyl sites for hydroxylation is 1. The summed E-state index contributed by atoms with van der Waals surface area (Å²) >= 11 is 17.6. The van der Waals surface area contributed by atoms with Crippen molar-refractivity contribution in [2.45, 2.75) is 12.8 Å². The molecule has 0 bridgehead atoms. The molecule has 0 aliphatic rings. The van der Waals surface area contributed by atoms with Crippen LogP contribution in [0, 0.1) is 0 Å². The largest absolute Gasteiger partial charge is 0.477 e. The molecule has 0 spiro atoms. The zero-order valence-corrected chi connectivity index (χ0v) is 12.3. The molecule has 2 nitrogen and oxygen atoms in total. The van der Waals surface area contributed by atoms with Crippen LogP contribution in [-0.2, 0) is 6.42 Å².